The highest BCUT2D eigenvalue weighted by molar-refractivity contribution is 5.98. The maximum absolute atomic E-state index is 13.1. The van der Waals surface area contributed by atoms with Crippen LogP contribution < -0.4 is 19.9 Å². The van der Waals surface area contributed by atoms with Crippen molar-refractivity contribution in [2.45, 2.75) is 12.8 Å². The first-order valence-electron chi connectivity index (χ1n) is 11.0. The van der Waals surface area contributed by atoms with Crippen LogP contribution in [0.15, 0.2) is 52.0 Å². The number of H-pyrrole nitrogens is 1. The first-order chi connectivity index (χ1) is 16.1. The number of methoxy groups -OCH3 is 2. The molecule has 0 spiro atoms. The lowest BCUT2D eigenvalue weighted by Crippen LogP contribution is -2.42. The average Bonchev–Trinajstić information content (AvgIpc) is 2.87. The Morgan fingerprint density at radius 1 is 1.12 bits per heavy atom. The third kappa shape index (κ3) is 3.89. The molecule has 1 amide bonds. The summed E-state index contributed by atoms with van der Waals surface area (Å²) in [6.07, 6.45) is 7.36. The molecule has 1 N–H and O–H groups in total. The third-order valence-corrected chi connectivity index (χ3v) is 6.25. The third-order valence-electron chi connectivity index (χ3n) is 6.25. The number of nitrogens with zero attached hydrogens (tertiary/aromatic N) is 3. The van der Waals surface area contributed by atoms with E-state index in [1.165, 1.54) is 7.11 Å². The van der Waals surface area contributed by atoms with E-state index in [0.717, 1.165) is 23.1 Å². The van der Waals surface area contributed by atoms with E-state index in [2.05, 4.69) is 9.97 Å². The van der Waals surface area contributed by atoms with Crippen LogP contribution in [0.2, 0.25) is 0 Å². The van der Waals surface area contributed by atoms with Crippen molar-refractivity contribution in [2.24, 2.45) is 0 Å². The Kier molecular flexibility index (Phi) is 5.63. The fourth-order valence-corrected chi connectivity index (χ4v) is 4.51. The van der Waals surface area contributed by atoms with Crippen molar-refractivity contribution in [3.05, 3.63) is 57.6 Å². The maximum atomic E-state index is 13.1. The molecule has 0 bridgehead atoms. The monoisotopic (exact) mass is 450 g/mol. The molecule has 0 saturated carbocycles. The minimum Gasteiger partial charge on any atom is -0.493 e. The van der Waals surface area contributed by atoms with Crippen molar-refractivity contribution in [3.8, 4) is 11.5 Å². The number of allylic oxidation sites excluding steroid dienone is 2. The number of aromatic amines is 1. The molecular weight excluding hydrogens is 424 g/mol. The normalized spacial score (nSPS) is 18.3. The SMILES string of the molecule is COc1cc2nc(N3C=C4CC=CC(C(=O)N5CCOCC5)=C4CC3)[nH]c(=O)c2cc1OC. The largest absolute Gasteiger partial charge is 0.493 e. The molecular formula is C24H26N4O5. The van der Waals surface area contributed by atoms with Crippen LogP contribution in [0.25, 0.3) is 10.9 Å². The number of morpholine rings is 1. The van der Waals surface area contributed by atoms with Crippen LogP contribution in [0, 0.1) is 0 Å². The van der Waals surface area contributed by atoms with Gasteiger partial charge in [-0.1, -0.05) is 12.2 Å². The van der Waals surface area contributed by atoms with Gasteiger partial charge in [-0.05, 0) is 30.1 Å². The quantitative estimate of drug-likeness (QED) is 0.762. The van der Waals surface area contributed by atoms with Crippen molar-refractivity contribution < 1.29 is 19.0 Å². The number of amides is 1. The van der Waals surface area contributed by atoms with Gasteiger partial charge in [0, 0.05) is 37.5 Å². The summed E-state index contributed by atoms with van der Waals surface area (Å²) in [4.78, 5) is 37.2. The molecule has 172 valence electrons. The molecule has 2 aromatic rings. The lowest BCUT2D eigenvalue weighted by Gasteiger charge is -2.32. The number of ether oxygens (including phenoxy) is 3. The van der Waals surface area contributed by atoms with Crippen molar-refractivity contribution in [1.29, 1.82) is 0 Å². The van der Waals surface area contributed by atoms with Crippen molar-refractivity contribution in [3.63, 3.8) is 0 Å². The number of fused-ring (bicyclic) bond motifs is 2. The van der Waals surface area contributed by atoms with Gasteiger partial charge in [0.2, 0.25) is 5.95 Å². The first kappa shape index (κ1) is 21.3. The van der Waals surface area contributed by atoms with Gasteiger partial charge in [-0.3, -0.25) is 14.6 Å². The molecule has 1 saturated heterocycles. The van der Waals surface area contributed by atoms with Gasteiger partial charge in [0.15, 0.2) is 11.5 Å². The van der Waals surface area contributed by atoms with E-state index in [1.54, 1.807) is 19.2 Å². The summed E-state index contributed by atoms with van der Waals surface area (Å²) in [5.74, 6) is 1.51. The van der Waals surface area contributed by atoms with E-state index < -0.39 is 0 Å². The van der Waals surface area contributed by atoms with Gasteiger partial charge in [0.1, 0.15) is 0 Å². The number of nitrogens with one attached hydrogen (secondary N) is 1. The van der Waals surface area contributed by atoms with Crippen molar-refractivity contribution >= 4 is 22.8 Å². The van der Waals surface area contributed by atoms with Gasteiger partial charge in [-0.2, -0.15) is 0 Å². The highest BCUT2D eigenvalue weighted by Gasteiger charge is 2.28. The summed E-state index contributed by atoms with van der Waals surface area (Å²) in [6, 6.07) is 3.34. The van der Waals surface area contributed by atoms with E-state index in [9.17, 15) is 9.59 Å². The van der Waals surface area contributed by atoms with Gasteiger partial charge in [0.25, 0.3) is 11.5 Å². The minimum atomic E-state index is -0.248. The fourth-order valence-electron chi connectivity index (χ4n) is 4.51. The number of rotatable bonds is 4. The van der Waals surface area contributed by atoms with E-state index >= 15 is 0 Å². The fraction of sp³-hybridized carbons (Fsp3) is 0.375. The molecule has 1 aliphatic carbocycles. The molecule has 3 aliphatic rings. The smallest absolute Gasteiger partial charge is 0.260 e. The molecule has 3 heterocycles. The highest BCUT2D eigenvalue weighted by Crippen LogP contribution is 2.34. The Morgan fingerprint density at radius 3 is 2.64 bits per heavy atom. The molecule has 1 fully saturated rings. The number of aromatic nitrogens is 2. The summed E-state index contributed by atoms with van der Waals surface area (Å²) in [5.41, 5.74) is 3.17. The second-order valence-electron chi connectivity index (χ2n) is 8.11. The highest BCUT2D eigenvalue weighted by atomic mass is 16.5. The molecule has 9 nitrogen and oxygen atoms in total. The summed E-state index contributed by atoms with van der Waals surface area (Å²) < 4.78 is 16.0. The summed E-state index contributed by atoms with van der Waals surface area (Å²) in [6.45, 7) is 2.99. The number of carbonyl (C=O) groups is 1. The van der Waals surface area contributed by atoms with Gasteiger partial charge in [0.05, 0.1) is 38.3 Å². The molecule has 1 aromatic heterocycles. The van der Waals surface area contributed by atoms with Gasteiger partial charge < -0.3 is 24.0 Å². The lowest BCUT2D eigenvalue weighted by molar-refractivity contribution is -0.130. The number of hydrogen-bond donors (Lipinski definition) is 1. The van der Waals surface area contributed by atoms with Crippen molar-refractivity contribution in [2.75, 3.05) is 52.0 Å². The topological polar surface area (TPSA) is 97.0 Å². The van der Waals surface area contributed by atoms with E-state index in [1.807, 2.05) is 28.2 Å². The van der Waals surface area contributed by atoms with Gasteiger partial charge >= 0.3 is 0 Å². The molecule has 0 unspecified atom stereocenters. The summed E-state index contributed by atoms with van der Waals surface area (Å²) in [5, 5.41) is 0.431. The Balaban J connectivity index is 1.49. The zero-order chi connectivity index (χ0) is 22.9. The Hall–Kier alpha value is -3.59. The molecule has 9 heteroatoms. The van der Waals surface area contributed by atoms with Crippen LogP contribution in [-0.4, -0.2) is 67.8 Å². The van der Waals surface area contributed by atoms with E-state index in [-0.39, 0.29) is 11.5 Å². The number of hydrogen-bond acceptors (Lipinski definition) is 7. The lowest BCUT2D eigenvalue weighted by atomic mass is 9.88. The zero-order valence-corrected chi connectivity index (χ0v) is 18.7. The summed E-state index contributed by atoms with van der Waals surface area (Å²) >= 11 is 0. The molecule has 0 atom stereocenters. The average molecular weight is 450 g/mol. The number of anilines is 1. The Morgan fingerprint density at radius 2 is 1.88 bits per heavy atom. The minimum absolute atomic E-state index is 0.0573. The first-order valence-corrected chi connectivity index (χ1v) is 11.0. The van der Waals surface area contributed by atoms with Crippen LogP contribution in [0.3, 0.4) is 0 Å². The zero-order valence-electron chi connectivity index (χ0n) is 18.7. The van der Waals surface area contributed by atoms with Gasteiger partial charge in [-0.25, -0.2) is 4.98 Å². The Bertz CT molecular complexity index is 1250. The molecule has 2 aliphatic heterocycles. The van der Waals surface area contributed by atoms with Crippen LogP contribution in [0.1, 0.15) is 12.8 Å². The van der Waals surface area contributed by atoms with Crippen LogP contribution >= 0.6 is 0 Å². The van der Waals surface area contributed by atoms with Crippen LogP contribution in [0.4, 0.5) is 5.95 Å². The molecule has 33 heavy (non-hydrogen) atoms. The predicted octanol–water partition coefficient (Wildman–Crippen LogP) is 2.15. The molecule has 5 rings (SSSR count). The number of carbonyl (C=O) groups excluding carboxylic acids is 1. The maximum Gasteiger partial charge on any atom is 0.260 e. The second-order valence-corrected chi connectivity index (χ2v) is 8.11. The molecule has 0 radical (unpaired) electrons. The van der Waals surface area contributed by atoms with E-state index in [0.29, 0.717) is 67.6 Å². The van der Waals surface area contributed by atoms with Gasteiger partial charge in [-0.15, -0.1) is 0 Å². The second kappa shape index (κ2) is 8.74. The van der Waals surface area contributed by atoms with E-state index in [4.69, 9.17) is 14.2 Å². The van der Waals surface area contributed by atoms with Crippen LogP contribution in [-0.2, 0) is 9.53 Å². The van der Waals surface area contributed by atoms with Crippen molar-refractivity contribution in [1.82, 2.24) is 14.9 Å². The summed E-state index contributed by atoms with van der Waals surface area (Å²) in [7, 11) is 3.08. The Labute approximate surface area is 190 Å². The standard InChI is InChI=1S/C24H26N4O5/c1-31-20-12-18-19(13-21(20)32-2)25-24(26-22(18)29)28-7-6-16-15(14-28)4-3-5-17(16)23(30)27-8-10-33-11-9-27/h3,5,12-14H,4,6-11H2,1-2H3,(H,25,26,29). The molecule has 1 aromatic carbocycles. The predicted molar refractivity (Wildman–Crippen MR) is 124 cm³/mol. The number of benzene rings is 1. The van der Waals surface area contributed by atoms with Crippen LogP contribution in [0.5, 0.6) is 11.5 Å².